The number of nitrogens with zero attached hydrogens (tertiary/aromatic N) is 1. The average molecular weight is 232 g/mol. The van der Waals surface area contributed by atoms with Crippen LogP contribution < -0.4 is 10.6 Å². The molecule has 0 bridgehead atoms. The minimum absolute atomic E-state index is 0.681. The summed E-state index contributed by atoms with van der Waals surface area (Å²) in [6.07, 6.45) is 5.37. The number of anilines is 2. The molecule has 0 heterocycles. The zero-order chi connectivity index (χ0) is 12.4. The van der Waals surface area contributed by atoms with E-state index in [1.807, 2.05) is 6.07 Å². The van der Waals surface area contributed by atoms with Crippen LogP contribution >= 0.6 is 0 Å². The highest BCUT2D eigenvalue weighted by Crippen LogP contribution is 2.30. The SMILES string of the molecule is Cc1cc(N)cc(N(C)C2CCCC(C)C2)c1. The minimum atomic E-state index is 0.681. The van der Waals surface area contributed by atoms with Crippen molar-refractivity contribution in [1.82, 2.24) is 0 Å². The van der Waals surface area contributed by atoms with Crippen molar-refractivity contribution in [3.8, 4) is 0 Å². The molecule has 2 heteroatoms. The molecule has 1 fully saturated rings. The van der Waals surface area contributed by atoms with E-state index in [2.05, 4.69) is 37.9 Å². The molecule has 1 aliphatic carbocycles. The Hall–Kier alpha value is -1.18. The number of benzene rings is 1. The van der Waals surface area contributed by atoms with Gasteiger partial charge in [-0.25, -0.2) is 0 Å². The maximum absolute atomic E-state index is 5.93. The van der Waals surface area contributed by atoms with Crippen LogP contribution in [0.2, 0.25) is 0 Å². The zero-order valence-electron chi connectivity index (χ0n) is 11.2. The fourth-order valence-corrected chi connectivity index (χ4v) is 2.96. The molecule has 1 aromatic rings. The Labute approximate surface area is 105 Å². The first-order valence-corrected chi connectivity index (χ1v) is 6.66. The summed E-state index contributed by atoms with van der Waals surface area (Å²) in [7, 11) is 2.21. The van der Waals surface area contributed by atoms with Crippen molar-refractivity contribution in [1.29, 1.82) is 0 Å². The molecule has 94 valence electrons. The molecule has 0 amide bonds. The molecule has 0 saturated heterocycles. The largest absolute Gasteiger partial charge is 0.399 e. The highest BCUT2D eigenvalue weighted by Gasteiger charge is 2.22. The molecule has 1 saturated carbocycles. The van der Waals surface area contributed by atoms with Crippen LogP contribution in [0.5, 0.6) is 0 Å². The predicted molar refractivity (Wildman–Crippen MR) is 75.4 cm³/mol. The van der Waals surface area contributed by atoms with Crippen LogP contribution in [-0.4, -0.2) is 13.1 Å². The van der Waals surface area contributed by atoms with E-state index in [9.17, 15) is 0 Å². The molecule has 2 rings (SSSR count). The van der Waals surface area contributed by atoms with Crippen LogP contribution in [0, 0.1) is 12.8 Å². The second kappa shape index (κ2) is 4.99. The van der Waals surface area contributed by atoms with E-state index in [0.29, 0.717) is 6.04 Å². The molecule has 1 aromatic carbocycles. The van der Waals surface area contributed by atoms with Gasteiger partial charge in [0.1, 0.15) is 0 Å². The van der Waals surface area contributed by atoms with Crippen LogP contribution in [-0.2, 0) is 0 Å². The van der Waals surface area contributed by atoms with Crippen LogP contribution in [0.15, 0.2) is 18.2 Å². The van der Waals surface area contributed by atoms with E-state index in [4.69, 9.17) is 5.73 Å². The molecule has 0 spiro atoms. The van der Waals surface area contributed by atoms with Gasteiger partial charge in [-0.05, 0) is 49.4 Å². The van der Waals surface area contributed by atoms with Gasteiger partial charge in [0.2, 0.25) is 0 Å². The normalized spacial score (nSPS) is 24.6. The van der Waals surface area contributed by atoms with Crippen molar-refractivity contribution in [2.45, 2.75) is 45.6 Å². The Morgan fingerprint density at radius 1 is 1.24 bits per heavy atom. The second-order valence-electron chi connectivity index (χ2n) is 5.64. The highest BCUT2D eigenvalue weighted by molar-refractivity contribution is 5.58. The van der Waals surface area contributed by atoms with E-state index in [-0.39, 0.29) is 0 Å². The van der Waals surface area contributed by atoms with Crippen molar-refractivity contribution in [3.63, 3.8) is 0 Å². The monoisotopic (exact) mass is 232 g/mol. The van der Waals surface area contributed by atoms with Crippen LogP contribution in [0.3, 0.4) is 0 Å². The number of nitrogen functional groups attached to an aromatic ring is 1. The van der Waals surface area contributed by atoms with Crippen molar-refractivity contribution >= 4 is 11.4 Å². The van der Waals surface area contributed by atoms with E-state index in [1.54, 1.807) is 0 Å². The first-order chi connectivity index (χ1) is 8.06. The van der Waals surface area contributed by atoms with Gasteiger partial charge in [-0.1, -0.05) is 19.8 Å². The van der Waals surface area contributed by atoms with E-state index in [1.165, 1.54) is 36.9 Å². The number of hydrogen-bond acceptors (Lipinski definition) is 2. The minimum Gasteiger partial charge on any atom is -0.399 e. The highest BCUT2D eigenvalue weighted by atomic mass is 15.1. The van der Waals surface area contributed by atoms with Crippen molar-refractivity contribution < 1.29 is 0 Å². The molecular weight excluding hydrogens is 208 g/mol. The molecule has 1 aliphatic rings. The molecule has 2 unspecified atom stereocenters. The van der Waals surface area contributed by atoms with Gasteiger partial charge >= 0.3 is 0 Å². The summed E-state index contributed by atoms with van der Waals surface area (Å²) in [4.78, 5) is 2.42. The van der Waals surface area contributed by atoms with E-state index >= 15 is 0 Å². The Morgan fingerprint density at radius 3 is 2.65 bits per heavy atom. The molecule has 0 aliphatic heterocycles. The summed E-state index contributed by atoms with van der Waals surface area (Å²) >= 11 is 0. The van der Waals surface area contributed by atoms with E-state index < -0.39 is 0 Å². The van der Waals surface area contributed by atoms with Gasteiger partial charge in [0.15, 0.2) is 0 Å². The van der Waals surface area contributed by atoms with Gasteiger partial charge in [0.25, 0.3) is 0 Å². The van der Waals surface area contributed by atoms with Crippen LogP contribution in [0.25, 0.3) is 0 Å². The second-order valence-corrected chi connectivity index (χ2v) is 5.64. The average Bonchev–Trinajstić information content (AvgIpc) is 2.26. The number of hydrogen-bond donors (Lipinski definition) is 1. The lowest BCUT2D eigenvalue weighted by Crippen LogP contribution is -2.35. The zero-order valence-corrected chi connectivity index (χ0v) is 11.2. The van der Waals surface area contributed by atoms with Gasteiger partial charge in [-0.15, -0.1) is 0 Å². The molecule has 2 N–H and O–H groups in total. The molecule has 2 nitrogen and oxygen atoms in total. The third-order valence-corrected chi connectivity index (χ3v) is 3.95. The van der Waals surface area contributed by atoms with Gasteiger partial charge in [0, 0.05) is 24.5 Å². The van der Waals surface area contributed by atoms with Gasteiger partial charge in [-0.2, -0.15) is 0 Å². The fourth-order valence-electron chi connectivity index (χ4n) is 2.96. The summed E-state index contributed by atoms with van der Waals surface area (Å²) in [5.41, 5.74) is 9.31. The van der Waals surface area contributed by atoms with Crippen LogP contribution in [0.1, 0.15) is 38.2 Å². The molecule has 0 aromatic heterocycles. The lowest BCUT2D eigenvalue weighted by Gasteiger charge is -2.35. The summed E-state index contributed by atoms with van der Waals surface area (Å²) in [6, 6.07) is 7.03. The van der Waals surface area contributed by atoms with Crippen molar-refractivity contribution in [2.75, 3.05) is 17.7 Å². The Balaban J connectivity index is 2.15. The Morgan fingerprint density at radius 2 is 2.00 bits per heavy atom. The molecule has 0 radical (unpaired) electrons. The lowest BCUT2D eigenvalue weighted by atomic mass is 9.86. The first kappa shape index (κ1) is 12.3. The summed E-state index contributed by atoms with van der Waals surface area (Å²) in [5.74, 6) is 0.860. The van der Waals surface area contributed by atoms with Crippen molar-refractivity contribution in [2.24, 2.45) is 5.92 Å². The molecule has 2 atom stereocenters. The van der Waals surface area contributed by atoms with Crippen molar-refractivity contribution in [3.05, 3.63) is 23.8 Å². The van der Waals surface area contributed by atoms with Gasteiger partial charge < -0.3 is 10.6 Å². The topological polar surface area (TPSA) is 29.3 Å². The molecule has 17 heavy (non-hydrogen) atoms. The number of nitrogens with two attached hydrogens (primary N) is 1. The third-order valence-electron chi connectivity index (χ3n) is 3.95. The Bertz CT molecular complexity index is 366. The summed E-state index contributed by atoms with van der Waals surface area (Å²) in [6.45, 7) is 4.47. The quantitative estimate of drug-likeness (QED) is 0.790. The standard InChI is InChI=1S/C15H24N2/c1-11-5-4-6-14(8-11)17(3)15-9-12(2)7-13(16)10-15/h7,9-11,14H,4-6,8,16H2,1-3H3. The molecular formula is C15H24N2. The van der Waals surface area contributed by atoms with Crippen LogP contribution in [0.4, 0.5) is 11.4 Å². The third kappa shape index (κ3) is 2.93. The lowest BCUT2D eigenvalue weighted by molar-refractivity contribution is 0.336. The maximum Gasteiger partial charge on any atom is 0.0389 e. The predicted octanol–water partition coefficient (Wildman–Crippen LogP) is 3.59. The maximum atomic E-state index is 5.93. The van der Waals surface area contributed by atoms with Gasteiger partial charge in [0.05, 0.1) is 0 Å². The number of aryl methyl sites for hydroxylation is 1. The van der Waals surface area contributed by atoms with Gasteiger partial charge in [-0.3, -0.25) is 0 Å². The smallest absolute Gasteiger partial charge is 0.0389 e. The summed E-state index contributed by atoms with van der Waals surface area (Å²) < 4.78 is 0. The summed E-state index contributed by atoms with van der Waals surface area (Å²) in [5, 5.41) is 0. The number of rotatable bonds is 2. The fraction of sp³-hybridized carbons (Fsp3) is 0.600. The van der Waals surface area contributed by atoms with E-state index in [0.717, 1.165) is 11.6 Å². The first-order valence-electron chi connectivity index (χ1n) is 6.66. The Kier molecular flexibility index (Phi) is 3.60.